The Kier molecular flexibility index (Phi) is 4.44. The number of para-hydroxylation sites is 1. The van der Waals surface area contributed by atoms with Crippen LogP contribution >= 0.6 is 22.7 Å². The molecule has 2 heterocycles. The van der Waals surface area contributed by atoms with Gasteiger partial charge in [-0.25, -0.2) is 9.97 Å². The Hall–Kier alpha value is -2.19. The van der Waals surface area contributed by atoms with E-state index < -0.39 is 0 Å². The molecule has 0 unspecified atom stereocenters. The number of carbonyl (C=O) groups is 1. The molecule has 0 aliphatic heterocycles. The molecule has 0 aliphatic rings. The molecule has 120 valence electrons. The van der Waals surface area contributed by atoms with Crippen LogP contribution < -0.4 is 15.0 Å². The second-order valence-corrected chi connectivity index (χ2v) is 7.23. The molecule has 0 bridgehead atoms. The lowest BCUT2D eigenvalue weighted by Crippen LogP contribution is -2.29. The first-order valence-corrected chi connectivity index (χ1v) is 8.57. The lowest BCUT2D eigenvalue weighted by atomic mass is 10.3. The van der Waals surface area contributed by atoms with Crippen LogP contribution in [0.5, 0.6) is 5.75 Å². The number of hydrogen-bond acceptors (Lipinski definition) is 7. The predicted octanol–water partition coefficient (Wildman–Crippen LogP) is 3.14. The number of nitrogens with zero attached hydrogens (tertiary/aromatic N) is 3. The Morgan fingerprint density at radius 2 is 2.22 bits per heavy atom. The Labute approximate surface area is 141 Å². The third-order valence-electron chi connectivity index (χ3n) is 3.17. The van der Waals surface area contributed by atoms with E-state index in [2.05, 4.69) is 15.3 Å². The van der Waals surface area contributed by atoms with E-state index in [1.165, 1.54) is 22.7 Å². The van der Waals surface area contributed by atoms with Gasteiger partial charge in [0, 0.05) is 18.1 Å². The number of aryl methyl sites for hydroxylation is 1. The van der Waals surface area contributed by atoms with Crippen LogP contribution in [0.25, 0.3) is 10.2 Å². The molecule has 0 atom stereocenters. The molecule has 0 aliphatic carbocycles. The summed E-state index contributed by atoms with van der Waals surface area (Å²) < 4.78 is 6.35. The minimum Gasteiger partial charge on any atom is -0.494 e. The average Bonchev–Trinajstić information content (AvgIpc) is 3.12. The van der Waals surface area contributed by atoms with Gasteiger partial charge < -0.3 is 15.0 Å². The van der Waals surface area contributed by atoms with Crippen LogP contribution in [0, 0.1) is 6.92 Å². The van der Waals surface area contributed by atoms with E-state index in [1.807, 2.05) is 37.1 Å². The number of aromatic nitrogens is 2. The number of carbonyl (C=O) groups excluding carboxylic acids is 1. The fraction of sp³-hybridized carbons (Fsp3) is 0.267. The van der Waals surface area contributed by atoms with Crippen molar-refractivity contribution in [2.75, 3.05) is 30.9 Å². The summed E-state index contributed by atoms with van der Waals surface area (Å²) in [7, 11) is 3.47. The summed E-state index contributed by atoms with van der Waals surface area (Å²) in [6.45, 7) is 2.16. The number of anilines is 2. The van der Waals surface area contributed by atoms with Gasteiger partial charge in [-0.1, -0.05) is 17.4 Å². The Morgan fingerprint density at radius 3 is 2.91 bits per heavy atom. The topological polar surface area (TPSA) is 67.3 Å². The van der Waals surface area contributed by atoms with E-state index in [0.29, 0.717) is 5.13 Å². The number of nitrogens with one attached hydrogen (secondary N) is 1. The summed E-state index contributed by atoms with van der Waals surface area (Å²) in [6.07, 6.45) is 1.74. The molecule has 0 saturated carbocycles. The highest BCUT2D eigenvalue weighted by molar-refractivity contribution is 7.22. The van der Waals surface area contributed by atoms with Gasteiger partial charge in [0.25, 0.3) is 0 Å². The van der Waals surface area contributed by atoms with Gasteiger partial charge >= 0.3 is 0 Å². The highest BCUT2D eigenvalue weighted by atomic mass is 32.1. The van der Waals surface area contributed by atoms with E-state index in [-0.39, 0.29) is 12.5 Å². The maximum Gasteiger partial charge on any atom is 0.245 e. The van der Waals surface area contributed by atoms with Gasteiger partial charge in [-0.3, -0.25) is 4.79 Å². The zero-order chi connectivity index (χ0) is 16.4. The standard InChI is InChI=1S/C15H16N4O2S2/c1-9-7-16-14(22-9)17-12(20)8-19(2)15-18-13-10(21-3)5-4-6-11(13)23-15/h4-7H,8H2,1-3H3,(H,16,17,20). The minimum absolute atomic E-state index is 0.118. The zero-order valence-corrected chi connectivity index (χ0v) is 14.6. The minimum atomic E-state index is -0.118. The second-order valence-electron chi connectivity index (χ2n) is 4.98. The third kappa shape index (κ3) is 3.43. The van der Waals surface area contributed by atoms with Crippen LogP contribution in [0.15, 0.2) is 24.4 Å². The summed E-state index contributed by atoms with van der Waals surface area (Å²) in [6, 6.07) is 5.80. The fourth-order valence-corrected chi connectivity index (χ4v) is 3.72. The molecule has 0 saturated heterocycles. The van der Waals surface area contributed by atoms with Gasteiger partial charge in [0.15, 0.2) is 10.3 Å². The number of thiazole rings is 2. The molecule has 1 N–H and O–H groups in total. The zero-order valence-electron chi connectivity index (χ0n) is 13.0. The number of rotatable bonds is 5. The maximum absolute atomic E-state index is 12.1. The third-order valence-corrected chi connectivity index (χ3v) is 5.13. The molecule has 8 heteroatoms. The number of benzene rings is 1. The number of ether oxygens (including phenoxy) is 1. The average molecular weight is 348 g/mol. The van der Waals surface area contributed by atoms with Crippen molar-refractivity contribution in [3.8, 4) is 5.75 Å². The normalized spacial score (nSPS) is 10.7. The van der Waals surface area contributed by atoms with Crippen LogP contribution in [0.2, 0.25) is 0 Å². The van der Waals surface area contributed by atoms with Crippen molar-refractivity contribution in [1.29, 1.82) is 0 Å². The first kappa shape index (κ1) is 15.7. The van der Waals surface area contributed by atoms with Gasteiger partial charge in [0.05, 0.1) is 18.4 Å². The number of amides is 1. The van der Waals surface area contributed by atoms with Gasteiger partial charge in [-0.2, -0.15) is 0 Å². The predicted molar refractivity (Wildman–Crippen MR) is 94.9 cm³/mol. The summed E-state index contributed by atoms with van der Waals surface area (Å²) >= 11 is 2.99. The van der Waals surface area contributed by atoms with E-state index in [1.54, 1.807) is 13.3 Å². The molecular weight excluding hydrogens is 332 g/mol. The van der Waals surface area contributed by atoms with Crippen LogP contribution in [-0.4, -0.2) is 36.6 Å². The first-order valence-electron chi connectivity index (χ1n) is 6.94. The van der Waals surface area contributed by atoms with E-state index in [4.69, 9.17) is 4.74 Å². The van der Waals surface area contributed by atoms with Gasteiger partial charge in [-0.15, -0.1) is 11.3 Å². The molecule has 23 heavy (non-hydrogen) atoms. The van der Waals surface area contributed by atoms with Crippen molar-refractivity contribution in [2.45, 2.75) is 6.92 Å². The molecule has 2 aromatic heterocycles. The Balaban J connectivity index is 1.72. The van der Waals surface area contributed by atoms with Crippen molar-refractivity contribution in [3.05, 3.63) is 29.3 Å². The summed E-state index contributed by atoms with van der Waals surface area (Å²) in [5.41, 5.74) is 0.817. The lowest BCUT2D eigenvalue weighted by molar-refractivity contribution is -0.114. The SMILES string of the molecule is COc1cccc2sc(N(C)CC(=O)Nc3ncc(C)s3)nc12. The van der Waals surface area contributed by atoms with Crippen LogP contribution in [0.4, 0.5) is 10.3 Å². The molecule has 3 aromatic rings. The summed E-state index contributed by atoms with van der Waals surface area (Å²) in [5.74, 6) is 0.620. The number of fused-ring (bicyclic) bond motifs is 1. The quantitative estimate of drug-likeness (QED) is 0.767. The van der Waals surface area contributed by atoms with E-state index in [9.17, 15) is 4.79 Å². The van der Waals surface area contributed by atoms with Crippen LogP contribution in [-0.2, 0) is 4.79 Å². The molecular formula is C15H16N4O2S2. The number of likely N-dealkylation sites (N-methyl/N-ethyl adjacent to an activating group) is 1. The summed E-state index contributed by atoms with van der Waals surface area (Å²) in [5, 5.41) is 4.19. The number of methoxy groups -OCH3 is 1. The molecule has 0 radical (unpaired) electrons. The van der Waals surface area contributed by atoms with Gasteiger partial charge in [0.1, 0.15) is 11.3 Å². The van der Waals surface area contributed by atoms with Crippen molar-refractivity contribution in [3.63, 3.8) is 0 Å². The molecule has 6 nitrogen and oxygen atoms in total. The van der Waals surface area contributed by atoms with Crippen molar-refractivity contribution < 1.29 is 9.53 Å². The maximum atomic E-state index is 12.1. The summed E-state index contributed by atoms with van der Waals surface area (Å²) in [4.78, 5) is 23.7. The Morgan fingerprint density at radius 1 is 1.39 bits per heavy atom. The molecule has 0 spiro atoms. The lowest BCUT2D eigenvalue weighted by Gasteiger charge is -2.14. The Bertz CT molecular complexity index is 843. The highest BCUT2D eigenvalue weighted by Crippen LogP contribution is 2.33. The van der Waals surface area contributed by atoms with E-state index in [0.717, 1.165) is 26.0 Å². The molecule has 3 rings (SSSR count). The monoisotopic (exact) mass is 348 g/mol. The van der Waals surface area contributed by atoms with E-state index >= 15 is 0 Å². The van der Waals surface area contributed by atoms with Crippen molar-refractivity contribution in [1.82, 2.24) is 9.97 Å². The van der Waals surface area contributed by atoms with Crippen molar-refractivity contribution >= 4 is 49.1 Å². The van der Waals surface area contributed by atoms with Gasteiger partial charge in [-0.05, 0) is 19.1 Å². The van der Waals surface area contributed by atoms with Crippen LogP contribution in [0.1, 0.15) is 4.88 Å². The van der Waals surface area contributed by atoms with Gasteiger partial charge in [0.2, 0.25) is 5.91 Å². The van der Waals surface area contributed by atoms with Crippen molar-refractivity contribution in [2.24, 2.45) is 0 Å². The molecule has 1 aromatic carbocycles. The largest absolute Gasteiger partial charge is 0.494 e. The molecule has 1 amide bonds. The first-order chi connectivity index (χ1) is 11.1. The smallest absolute Gasteiger partial charge is 0.245 e. The fourth-order valence-electron chi connectivity index (χ4n) is 2.09. The molecule has 0 fully saturated rings. The second kappa shape index (κ2) is 6.51. The highest BCUT2D eigenvalue weighted by Gasteiger charge is 2.15. The van der Waals surface area contributed by atoms with Crippen LogP contribution in [0.3, 0.4) is 0 Å². The number of hydrogen-bond donors (Lipinski definition) is 1.